The maximum Gasteiger partial charge on any atom is 0.201 e. The minimum atomic E-state index is 0.0398. The Bertz CT molecular complexity index is 816. The van der Waals surface area contributed by atoms with Crippen molar-refractivity contribution in [3.8, 4) is 6.07 Å². The maximum atomic E-state index is 13.3. The molecule has 0 atom stereocenters. The minimum Gasteiger partial charge on any atom is -0.380 e. The van der Waals surface area contributed by atoms with Crippen LogP contribution in [0.1, 0.15) is 49.6 Å². The highest BCUT2D eigenvalue weighted by Gasteiger charge is 2.29. The van der Waals surface area contributed by atoms with Gasteiger partial charge in [0, 0.05) is 32.0 Å². The fourth-order valence-corrected chi connectivity index (χ4v) is 3.90. The number of carbonyl (C=O) groups excluding carboxylic acids is 1. The lowest BCUT2D eigenvalue weighted by atomic mass is 9.92. The highest BCUT2D eigenvalue weighted by Crippen LogP contribution is 2.25. The number of imidazole rings is 1. The van der Waals surface area contributed by atoms with E-state index < -0.39 is 0 Å². The first-order chi connectivity index (χ1) is 13.7. The summed E-state index contributed by atoms with van der Waals surface area (Å²) < 4.78 is 7.51. The van der Waals surface area contributed by atoms with Gasteiger partial charge in [0.15, 0.2) is 5.82 Å². The number of piperidine rings is 1. The average Bonchev–Trinajstić information content (AvgIpc) is 3.10. The zero-order chi connectivity index (χ0) is 19.8. The number of hydrogen-bond acceptors (Lipinski definition) is 5. The molecule has 3 rings (SSSR count). The van der Waals surface area contributed by atoms with Crippen molar-refractivity contribution >= 4 is 16.8 Å². The largest absolute Gasteiger partial charge is 0.380 e. The number of likely N-dealkylation sites (tertiary alicyclic amines) is 1. The minimum absolute atomic E-state index is 0.0398. The number of hydrogen-bond donors (Lipinski definition) is 0. The molecule has 28 heavy (non-hydrogen) atoms. The summed E-state index contributed by atoms with van der Waals surface area (Å²) in [6.07, 6.45) is 4.03. The summed E-state index contributed by atoms with van der Waals surface area (Å²) in [7, 11) is 0. The molecule has 0 radical (unpaired) electrons. The fourth-order valence-electron chi connectivity index (χ4n) is 3.90. The molecule has 0 aliphatic carbocycles. The summed E-state index contributed by atoms with van der Waals surface area (Å²) in [6.45, 7) is 7.06. The summed E-state index contributed by atoms with van der Waals surface area (Å²) in [6, 6.07) is 10.1. The van der Waals surface area contributed by atoms with Gasteiger partial charge in [-0.15, -0.1) is 0 Å². The fraction of sp³-hybridized carbons (Fsp3) is 0.591. The second-order valence-corrected chi connectivity index (χ2v) is 7.37. The quantitative estimate of drug-likeness (QED) is 0.463. The molecule has 0 unspecified atom stereocenters. The van der Waals surface area contributed by atoms with Gasteiger partial charge in [0.1, 0.15) is 0 Å². The van der Waals surface area contributed by atoms with Crippen LogP contribution in [-0.2, 0) is 11.3 Å². The normalized spacial score (nSPS) is 15.7. The van der Waals surface area contributed by atoms with Gasteiger partial charge < -0.3 is 14.2 Å². The number of para-hydroxylation sites is 2. The first-order valence-electron chi connectivity index (χ1n) is 10.4. The molecule has 0 spiro atoms. The standard InChI is InChI=1S/C22H30N4O2/c1-2-28-17-16-25-14-10-18(11-15-25)21(27)22-24-19-8-4-5-9-20(19)26(22)13-7-3-6-12-23/h4-5,8-9,18H,2-3,6-7,10-11,13-17H2,1H3. The summed E-state index contributed by atoms with van der Waals surface area (Å²) in [4.78, 5) is 20.3. The van der Waals surface area contributed by atoms with Gasteiger partial charge in [-0.05, 0) is 57.8 Å². The van der Waals surface area contributed by atoms with Crippen molar-refractivity contribution in [3.63, 3.8) is 0 Å². The molecule has 1 saturated heterocycles. The highest BCUT2D eigenvalue weighted by molar-refractivity contribution is 5.98. The van der Waals surface area contributed by atoms with Gasteiger partial charge in [0.05, 0.1) is 23.7 Å². The molecule has 6 nitrogen and oxygen atoms in total. The van der Waals surface area contributed by atoms with Crippen LogP contribution in [0.3, 0.4) is 0 Å². The number of aryl methyl sites for hydroxylation is 1. The van der Waals surface area contributed by atoms with Crippen LogP contribution >= 0.6 is 0 Å². The molecule has 0 amide bonds. The molecule has 6 heteroatoms. The van der Waals surface area contributed by atoms with Gasteiger partial charge in [0.2, 0.25) is 5.78 Å². The van der Waals surface area contributed by atoms with E-state index in [1.807, 2.05) is 31.2 Å². The van der Waals surface area contributed by atoms with Crippen molar-refractivity contribution < 1.29 is 9.53 Å². The summed E-state index contributed by atoms with van der Waals surface area (Å²) in [5.41, 5.74) is 1.89. The summed E-state index contributed by atoms with van der Waals surface area (Å²) in [5, 5.41) is 8.76. The van der Waals surface area contributed by atoms with E-state index in [9.17, 15) is 4.79 Å². The van der Waals surface area contributed by atoms with E-state index in [4.69, 9.17) is 10.00 Å². The molecular formula is C22H30N4O2. The van der Waals surface area contributed by atoms with E-state index in [1.54, 1.807) is 0 Å². The highest BCUT2D eigenvalue weighted by atomic mass is 16.5. The second-order valence-electron chi connectivity index (χ2n) is 7.37. The first-order valence-corrected chi connectivity index (χ1v) is 10.4. The van der Waals surface area contributed by atoms with E-state index in [0.717, 1.165) is 76.1 Å². The lowest BCUT2D eigenvalue weighted by Crippen LogP contribution is -2.38. The Morgan fingerprint density at radius 3 is 2.79 bits per heavy atom. The molecule has 0 saturated carbocycles. The molecule has 1 aromatic heterocycles. The Kier molecular flexibility index (Phi) is 7.58. The molecule has 1 aliphatic heterocycles. The Balaban J connectivity index is 1.68. The third kappa shape index (κ3) is 4.98. The first kappa shape index (κ1) is 20.5. The van der Waals surface area contributed by atoms with Crippen molar-refractivity contribution in [3.05, 3.63) is 30.1 Å². The Morgan fingerprint density at radius 1 is 1.25 bits per heavy atom. The van der Waals surface area contributed by atoms with E-state index in [1.165, 1.54) is 0 Å². The van der Waals surface area contributed by atoms with Gasteiger partial charge in [-0.1, -0.05) is 12.1 Å². The Hall–Kier alpha value is -2.23. The number of fused-ring (bicyclic) bond motifs is 1. The number of aromatic nitrogens is 2. The van der Waals surface area contributed by atoms with Crippen LogP contribution in [0.4, 0.5) is 0 Å². The average molecular weight is 383 g/mol. The van der Waals surface area contributed by atoms with Gasteiger partial charge >= 0.3 is 0 Å². The number of rotatable bonds is 10. The molecule has 1 aliphatic rings. The lowest BCUT2D eigenvalue weighted by Gasteiger charge is -2.31. The predicted molar refractivity (Wildman–Crippen MR) is 109 cm³/mol. The molecule has 150 valence electrons. The zero-order valence-corrected chi connectivity index (χ0v) is 16.8. The number of nitriles is 1. The molecule has 1 fully saturated rings. The smallest absolute Gasteiger partial charge is 0.201 e. The molecule has 0 bridgehead atoms. The Morgan fingerprint density at radius 2 is 2.04 bits per heavy atom. The third-order valence-corrected chi connectivity index (χ3v) is 5.51. The van der Waals surface area contributed by atoms with Crippen LogP contribution in [-0.4, -0.2) is 53.1 Å². The van der Waals surface area contributed by atoms with Crippen molar-refractivity contribution in [2.24, 2.45) is 5.92 Å². The second kappa shape index (κ2) is 10.4. The predicted octanol–water partition coefficient (Wildman–Crippen LogP) is 3.66. The van der Waals surface area contributed by atoms with Crippen LogP contribution in [0.5, 0.6) is 0 Å². The molecule has 2 aromatic rings. The SMILES string of the molecule is CCOCCN1CCC(C(=O)c2nc3ccccc3n2CCCCC#N)CC1. The third-order valence-electron chi connectivity index (χ3n) is 5.51. The van der Waals surface area contributed by atoms with Crippen LogP contribution in [0.25, 0.3) is 11.0 Å². The topological polar surface area (TPSA) is 71.2 Å². The van der Waals surface area contributed by atoms with Gasteiger partial charge in [-0.2, -0.15) is 5.26 Å². The van der Waals surface area contributed by atoms with Crippen LogP contribution in [0.15, 0.2) is 24.3 Å². The molecular weight excluding hydrogens is 352 g/mol. The number of Topliss-reactive ketones (excluding diaryl/α,β-unsaturated/α-hetero) is 1. The molecule has 2 heterocycles. The molecule has 1 aromatic carbocycles. The van der Waals surface area contributed by atoms with Crippen molar-refractivity contribution in [1.29, 1.82) is 5.26 Å². The maximum absolute atomic E-state index is 13.3. The number of benzene rings is 1. The van der Waals surface area contributed by atoms with Crippen molar-refractivity contribution in [2.75, 3.05) is 32.8 Å². The Labute approximate surface area is 167 Å². The number of unbranched alkanes of at least 4 members (excludes halogenated alkanes) is 2. The van der Waals surface area contributed by atoms with Gasteiger partial charge in [0.25, 0.3) is 0 Å². The lowest BCUT2D eigenvalue weighted by molar-refractivity contribution is 0.0752. The van der Waals surface area contributed by atoms with E-state index in [2.05, 4.69) is 20.5 Å². The number of nitrogens with zero attached hydrogens (tertiary/aromatic N) is 4. The van der Waals surface area contributed by atoms with Gasteiger partial charge in [-0.3, -0.25) is 4.79 Å². The van der Waals surface area contributed by atoms with Gasteiger partial charge in [-0.25, -0.2) is 4.98 Å². The summed E-state index contributed by atoms with van der Waals surface area (Å²) in [5.74, 6) is 0.796. The zero-order valence-electron chi connectivity index (χ0n) is 16.8. The van der Waals surface area contributed by atoms with Crippen molar-refractivity contribution in [2.45, 2.75) is 45.6 Å². The molecule has 0 N–H and O–H groups in total. The monoisotopic (exact) mass is 382 g/mol. The van der Waals surface area contributed by atoms with E-state index in [-0.39, 0.29) is 11.7 Å². The van der Waals surface area contributed by atoms with E-state index in [0.29, 0.717) is 12.2 Å². The van der Waals surface area contributed by atoms with Crippen molar-refractivity contribution in [1.82, 2.24) is 14.5 Å². The van der Waals surface area contributed by atoms with E-state index >= 15 is 0 Å². The number of ether oxygens (including phenoxy) is 1. The van der Waals surface area contributed by atoms with Crippen LogP contribution in [0.2, 0.25) is 0 Å². The number of carbonyl (C=O) groups is 1. The van der Waals surface area contributed by atoms with Crippen LogP contribution < -0.4 is 0 Å². The summed E-state index contributed by atoms with van der Waals surface area (Å²) >= 11 is 0. The number of ketones is 1. The van der Waals surface area contributed by atoms with Crippen LogP contribution in [0, 0.1) is 17.2 Å².